The Morgan fingerprint density at radius 1 is 1.16 bits per heavy atom. The quantitative estimate of drug-likeness (QED) is 0.275. The van der Waals surface area contributed by atoms with E-state index in [2.05, 4.69) is 15.5 Å². The zero-order chi connectivity index (χ0) is 22.9. The average Bonchev–Trinajstić information content (AvgIpc) is 2.79. The predicted molar refractivity (Wildman–Crippen MR) is 117 cm³/mol. The van der Waals surface area contributed by atoms with Gasteiger partial charge in [0.2, 0.25) is 0 Å². The number of carbonyl (C=O) groups is 1. The van der Waals surface area contributed by atoms with Crippen LogP contribution >= 0.6 is 0 Å². The van der Waals surface area contributed by atoms with Gasteiger partial charge in [0.15, 0.2) is 11.5 Å². The molecule has 32 heavy (non-hydrogen) atoms. The molecule has 0 saturated carbocycles. The molecule has 1 aromatic heterocycles. The SMILES string of the molecule is CCOc1cc(/C=N/Nc2ccc([N+](=O)[O-])cn2)ccc1OCc1ccc(C(=O)O)cc1. The van der Waals surface area contributed by atoms with Crippen molar-refractivity contribution in [1.82, 2.24) is 4.98 Å². The van der Waals surface area contributed by atoms with Crippen molar-refractivity contribution in [2.75, 3.05) is 12.0 Å². The molecule has 0 aliphatic heterocycles. The van der Waals surface area contributed by atoms with E-state index in [0.717, 1.165) is 17.3 Å². The molecule has 0 amide bonds. The molecule has 0 bridgehead atoms. The Hall–Kier alpha value is -4.47. The number of hydrazone groups is 1. The minimum Gasteiger partial charge on any atom is -0.490 e. The van der Waals surface area contributed by atoms with Gasteiger partial charge in [-0.25, -0.2) is 9.78 Å². The summed E-state index contributed by atoms with van der Waals surface area (Å²) in [6.45, 7) is 2.55. The highest BCUT2D eigenvalue weighted by atomic mass is 16.6. The van der Waals surface area contributed by atoms with Crippen molar-refractivity contribution in [2.45, 2.75) is 13.5 Å². The number of hydrogen-bond donors (Lipinski definition) is 2. The zero-order valence-corrected chi connectivity index (χ0v) is 17.1. The molecular weight excluding hydrogens is 416 g/mol. The van der Waals surface area contributed by atoms with Gasteiger partial charge >= 0.3 is 5.97 Å². The van der Waals surface area contributed by atoms with Crippen LogP contribution in [0.4, 0.5) is 11.5 Å². The van der Waals surface area contributed by atoms with Gasteiger partial charge in [0.1, 0.15) is 18.6 Å². The maximum absolute atomic E-state index is 10.9. The first-order valence-corrected chi connectivity index (χ1v) is 9.57. The third-order valence-electron chi connectivity index (χ3n) is 4.21. The third kappa shape index (κ3) is 6.02. The molecule has 0 saturated heterocycles. The van der Waals surface area contributed by atoms with Crippen molar-refractivity contribution in [2.24, 2.45) is 5.10 Å². The van der Waals surface area contributed by atoms with Crippen LogP contribution < -0.4 is 14.9 Å². The van der Waals surface area contributed by atoms with E-state index < -0.39 is 10.9 Å². The molecule has 3 aromatic rings. The molecular formula is C22H20N4O6. The van der Waals surface area contributed by atoms with Crippen molar-refractivity contribution in [3.8, 4) is 11.5 Å². The Kier molecular flexibility index (Phi) is 7.31. The number of benzene rings is 2. The first-order valence-electron chi connectivity index (χ1n) is 9.57. The lowest BCUT2D eigenvalue weighted by Gasteiger charge is -2.13. The van der Waals surface area contributed by atoms with Crippen molar-refractivity contribution < 1.29 is 24.3 Å². The van der Waals surface area contributed by atoms with E-state index in [9.17, 15) is 14.9 Å². The van der Waals surface area contributed by atoms with E-state index in [-0.39, 0.29) is 17.9 Å². The fourth-order valence-corrected chi connectivity index (χ4v) is 2.63. The standard InChI is InChI=1S/C22H20N4O6/c1-2-31-20-11-16(12-24-25-21-10-8-18(13-23-21)26(29)30)5-9-19(20)32-14-15-3-6-17(7-4-15)22(27)28/h3-13H,2,14H2,1H3,(H,23,25)(H,27,28)/b24-12+. The second-order valence-electron chi connectivity index (χ2n) is 6.46. The van der Waals surface area contributed by atoms with Crippen LogP contribution in [0.15, 0.2) is 65.9 Å². The first kappa shape index (κ1) is 22.2. The summed E-state index contributed by atoms with van der Waals surface area (Å²) >= 11 is 0. The van der Waals surface area contributed by atoms with Crippen LogP contribution in [-0.2, 0) is 6.61 Å². The number of anilines is 1. The van der Waals surface area contributed by atoms with Gasteiger partial charge in [-0.2, -0.15) is 5.10 Å². The number of carboxylic acid groups (broad SMARTS) is 1. The number of carboxylic acids is 1. The minimum atomic E-state index is -0.979. The number of ether oxygens (including phenoxy) is 2. The number of rotatable bonds is 10. The largest absolute Gasteiger partial charge is 0.490 e. The summed E-state index contributed by atoms with van der Waals surface area (Å²) in [5, 5.41) is 23.7. The summed E-state index contributed by atoms with van der Waals surface area (Å²) in [6.07, 6.45) is 2.70. The molecule has 0 radical (unpaired) electrons. The number of nitrogens with one attached hydrogen (secondary N) is 1. The Labute approximate surface area is 183 Å². The summed E-state index contributed by atoms with van der Waals surface area (Å²) < 4.78 is 11.5. The Balaban J connectivity index is 1.64. The van der Waals surface area contributed by atoms with Crippen molar-refractivity contribution in [3.63, 3.8) is 0 Å². The van der Waals surface area contributed by atoms with Gasteiger partial charge in [0.05, 0.1) is 23.3 Å². The van der Waals surface area contributed by atoms with E-state index in [1.165, 1.54) is 24.3 Å². The van der Waals surface area contributed by atoms with Gasteiger partial charge in [-0.05, 0) is 54.4 Å². The smallest absolute Gasteiger partial charge is 0.335 e. The molecule has 10 nitrogen and oxygen atoms in total. The lowest BCUT2D eigenvalue weighted by Crippen LogP contribution is -2.02. The normalized spacial score (nSPS) is 10.7. The van der Waals surface area contributed by atoms with Gasteiger partial charge in [0.25, 0.3) is 5.69 Å². The monoisotopic (exact) mass is 436 g/mol. The zero-order valence-electron chi connectivity index (χ0n) is 17.1. The fraction of sp³-hybridized carbons (Fsp3) is 0.136. The predicted octanol–water partition coefficient (Wildman–Crippen LogP) is 4.11. The number of aromatic carboxylic acids is 1. The molecule has 1 heterocycles. The molecule has 2 aromatic carbocycles. The van der Waals surface area contributed by atoms with Crippen LogP contribution in [-0.4, -0.2) is 33.8 Å². The van der Waals surface area contributed by atoms with Crippen LogP contribution in [0.2, 0.25) is 0 Å². The molecule has 0 atom stereocenters. The van der Waals surface area contributed by atoms with Crippen LogP contribution in [0.1, 0.15) is 28.4 Å². The number of aromatic nitrogens is 1. The molecule has 3 rings (SSSR count). The van der Waals surface area contributed by atoms with Gasteiger partial charge in [-0.1, -0.05) is 12.1 Å². The molecule has 164 valence electrons. The molecule has 0 aliphatic carbocycles. The summed E-state index contributed by atoms with van der Waals surface area (Å²) in [4.78, 5) is 25.0. The molecule has 0 spiro atoms. The van der Waals surface area contributed by atoms with Crippen molar-refractivity contribution in [1.29, 1.82) is 0 Å². The van der Waals surface area contributed by atoms with Crippen LogP contribution in [0.3, 0.4) is 0 Å². The Morgan fingerprint density at radius 2 is 1.94 bits per heavy atom. The van der Waals surface area contributed by atoms with E-state index in [1.807, 2.05) is 6.92 Å². The Morgan fingerprint density at radius 3 is 2.56 bits per heavy atom. The van der Waals surface area contributed by atoms with E-state index in [0.29, 0.717) is 23.9 Å². The molecule has 0 fully saturated rings. The second kappa shape index (κ2) is 10.5. The van der Waals surface area contributed by atoms with Gasteiger partial charge in [-0.3, -0.25) is 15.5 Å². The minimum absolute atomic E-state index is 0.102. The molecule has 0 aliphatic rings. The summed E-state index contributed by atoms with van der Waals surface area (Å²) in [6, 6.07) is 14.5. The number of pyridine rings is 1. The maximum Gasteiger partial charge on any atom is 0.335 e. The van der Waals surface area contributed by atoms with E-state index >= 15 is 0 Å². The van der Waals surface area contributed by atoms with Crippen molar-refractivity contribution in [3.05, 3.63) is 87.6 Å². The maximum atomic E-state index is 10.9. The van der Waals surface area contributed by atoms with E-state index in [4.69, 9.17) is 14.6 Å². The molecule has 0 unspecified atom stereocenters. The lowest BCUT2D eigenvalue weighted by atomic mass is 10.1. The van der Waals surface area contributed by atoms with Gasteiger partial charge in [-0.15, -0.1) is 0 Å². The molecule has 2 N–H and O–H groups in total. The highest BCUT2D eigenvalue weighted by molar-refractivity contribution is 5.87. The van der Waals surface area contributed by atoms with Crippen LogP contribution in [0, 0.1) is 10.1 Å². The van der Waals surface area contributed by atoms with Gasteiger partial charge < -0.3 is 14.6 Å². The fourth-order valence-electron chi connectivity index (χ4n) is 2.63. The topological polar surface area (TPSA) is 136 Å². The van der Waals surface area contributed by atoms with E-state index in [1.54, 1.807) is 36.5 Å². The third-order valence-corrected chi connectivity index (χ3v) is 4.21. The summed E-state index contributed by atoms with van der Waals surface area (Å²) in [5.41, 5.74) is 4.38. The van der Waals surface area contributed by atoms with Crippen LogP contribution in [0.5, 0.6) is 11.5 Å². The first-order chi connectivity index (χ1) is 15.5. The number of hydrogen-bond acceptors (Lipinski definition) is 8. The Bertz CT molecular complexity index is 1110. The highest BCUT2D eigenvalue weighted by Crippen LogP contribution is 2.29. The number of nitro groups is 1. The number of nitrogens with zero attached hydrogens (tertiary/aromatic N) is 3. The summed E-state index contributed by atoms with van der Waals surface area (Å²) in [7, 11) is 0. The second-order valence-corrected chi connectivity index (χ2v) is 6.46. The average molecular weight is 436 g/mol. The van der Waals surface area contributed by atoms with Gasteiger partial charge in [0, 0.05) is 6.07 Å². The summed E-state index contributed by atoms with van der Waals surface area (Å²) in [5.74, 6) is 0.460. The van der Waals surface area contributed by atoms with Crippen LogP contribution in [0.25, 0.3) is 0 Å². The molecule has 10 heteroatoms. The van der Waals surface area contributed by atoms with Crippen molar-refractivity contribution >= 4 is 23.7 Å². The highest BCUT2D eigenvalue weighted by Gasteiger charge is 2.08. The lowest BCUT2D eigenvalue weighted by molar-refractivity contribution is -0.385.